The van der Waals surface area contributed by atoms with Crippen LogP contribution < -0.4 is 10.5 Å². The van der Waals surface area contributed by atoms with Gasteiger partial charge in [0.15, 0.2) is 0 Å². The first kappa shape index (κ1) is 15.4. The van der Waals surface area contributed by atoms with Crippen molar-refractivity contribution in [2.24, 2.45) is 0 Å². The molecule has 0 saturated carbocycles. The van der Waals surface area contributed by atoms with Gasteiger partial charge in [-0.3, -0.25) is 0 Å². The Bertz CT molecular complexity index is 690. The number of halogens is 1. The zero-order valence-electron chi connectivity index (χ0n) is 12.1. The summed E-state index contributed by atoms with van der Waals surface area (Å²) in [5, 5.41) is 8.82. The zero-order valence-corrected chi connectivity index (χ0v) is 13.6. The summed E-state index contributed by atoms with van der Waals surface area (Å²) in [6, 6.07) is 13.5. The Labute approximate surface area is 133 Å². The van der Waals surface area contributed by atoms with E-state index in [9.17, 15) is 0 Å². The van der Waals surface area contributed by atoms with Gasteiger partial charge in [-0.25, -0.2) is 0 Å². The minimum absolute atomic E-state index is 0.278. The molecule has 0 aliphatic heterocycles. The maximum absolute atomic E-state index is 8.82. The average molecular weight is 345 g/mol. The van der Waals surface area contributed by atoms with Gasteiger partial charge < -0.3 is 10.5 Å². The molecule has 3 nitrogen and oxygen atoms in total. The highest BCUT2D eigenvalue weighted by molar-refractivity contribution is 9.10. The SMILES string of the molecule is CC(C)c1cc(Br)ccc1Oc1ccc(N)c(CC#N)c1. The van der Waals surface area contributed by atoms with Crippen molar-refractivity contribution in [1.29, 1.82) is 5.26 Å². The summed E-state index contributed by atoms with van der Waals surface area (Å²) in [6.07, 6.45) is 0.278. The molecule has 2 aromatic rings. The second-order valence-corrected chi connectivity index (χ2v) is 6.05. The molecule has 0 unspecified atom stereocenters. The monoisotopic (exact) mass is 344 g/mol. The van der Waals surface area contributed by atoms with Crippen LogP contribution in [0.15, 0.2) is 40.9 Å². The van der Waals surface area contributed by atoms with E-state index in [1.165, 1.54) is 0 Å². The molecule has 0 aliphatic carbocycles. The van der Waals surface area contributed by atoms with E-state index in [2.05, 4.69) is 41.9 Å². The topological polar surface area (TPSA) is 59.0 Å². The lowest BCUT2D eigenvalue weighted by Crippen LogP contribution is -1.97. The van der Waals surface area contributed by atoms with Crippen molar-refractivity contribution in [1.82, 2.24) is 0 Å². The van der Waals surface area contributed by atoms with Crippen LogP contribution in [0.1, 0.15) is 30.9 Å². The van der Waals surface area contributed by atoms with Crippen LogP contribution in [0.3, 0.4) is 0 Å². The second kappa shape index (κ2) is 6.64. The highest BCUT2D eigenvalue weighted by Gasteiger charge is 2.10. The van der Waals surface area contributed by atoms with Crippen LogP contribution in [0.2, 0.25) is 0 Å². The molecule has 0 heterocycles. The maximum atomic E-state index is 8.82. The van der Waals surface area contributed by atoms with Crippen molar-refractivity contribution in [3.8, 4) is 17.6 Å². The van der Waals surface area contributed by atoms with E-state index >= 15 is 0 Å². The zero-order chi connectivity index (χ0) is 15.4. The fourth-order valence-electron chi connectivity index (χ4n) is 2.07. The molecule has 21 heavy (non-hydrogen) atoms. The standard InChI is InChI=1S/C17H17BrN2O/c1-11(2)15-10-13(18)3-6-17(15)21-14-4-5-16(20)12(9-14)7-8-19/h3-6,9-11H,7,20H2,1-2H3. The van der Waals surface area contributed by atoms with E-state index in [-0.39, 0.29) is 6.42 Å². The van der Waals surface area contributed by atoms with Crippen LogP contribution in [-0.2, 0) is 6.42 Å². The molecule has 0 amide bonds. The van der Waals surface area contributed by atoms with Crippen molar-refractivity contribution in [2.45, 2.75) is 26.2 Å². The van der Waals surface area contributed by atoms with Gasteiger partial charge in [-0.1, -0.05) is 29.8 Å². The highest BCUT2D eigenvalue weighted by Crippen LogP contribution is 2.33. The molecular weight excluding hydrogens is 328 g/mol. The van der Waals surface area contributed by atoms with Gasteiger partial charge in [0.1, 0.15) is 11.5 Å². The lowest BCUT2D eigenvalue weighted by molar-refractivity contribution is 0.472. The Kier molecular flexibility index (Phi) is 4.87. The summed E-state index contributed by atoms with van der Waals surface area (Å²) >= 11 is 3.48. The molecule has 0 atom stereocenters. The van der Waals surface area contributed by atoms with E-state index < -0.39 is 0 Å². The van der Waals surface area contributed by atoms with Crippen LogP contribution in [-0.4, -0.2) is 0 Å². The molecule has 4 heteroatoms. The van der Waals surface area contributed by atoms with Gasteiger partial charge in [0, 0.05) is 10.2 Å². The third-order valence-corrected chi connectivity index (χ3v) is 3.70. The first-order valence-electron chi connectivity index (χ1n) is 6.74. The number of hydrogen-bond donors (Lipinski definition) is 1. The quantitative estimate of drug-likeness (QED) is 0.792. The minimum Gasteiger partial charge on any atom is -0.457 e. The average Bonchev–Trinajstić information content (AvgIpc) is 2.44. The summed E-state index contributed by atoms with van der Waals surface area (Å²) in [5.74, 6) is 1.87. The highest BCUT2D eigenvalue weighted by atomic mass is 79.9. The van der Waals surface area contributed by atoms with Crippen LogP contribution in [0.25, 0.3) is 0 Å². The fourth-order valence-corrected chi connectivity index (χ4v) is 2.45. The summed E-state index contributed by atoms with van der Waals surface area (Å²) in [6.45, 7) is 4.25. The molecule has 0 spiro atoms. The van der Waals surface area contributed by atoms with E-state index in [1.54, 1.807) is 6.07 Å². The van der Waals surface area contributed by atoms with Crippen LogP contribution in [0.5, 0.6) is 11.5 Å². The Balaban J connectivity index is 2.34. The fraction of sp³-hybridized carbons (Fsp3) is 0.235. The number of rotatable bonds is 4. The van der Waals surface area contributed by atoms with Gasteiger partial charge in [-0.2, -0.15) is 5.26 Å². The first-order chi connectivity index (χ1) is 10.0. The Morgan fingerprint density at radius 3 is 2.67 bits per heavy atom. The van der Waals surface area contributed by atoms with Crippen LogP contribution in [0.4, 0.5) is 5.69 Å². The van der Waals surface area contributed by atoms with Crippen LogP contribution >= 0.6 is 15.9 Å². The van der Waals surface area contributed by atoms with E-state index in [0.717, 1.165) is 21.3 Å². The van der Waals surface area contributed by atoms with Gasteiger partial charge in [0.05, 0.1) is 12.5 Å². The number of benzene rings is 2. The van der Waals surface area contributed by atoms with Crippen molar-refractivity contribution >= 4 is 21.6 Å². The number of nitrogen functional groups attached to an aromatic ring is 1. The number of nitrogens with zero attached hydrogens (tertiary/aromatic N) is 1. The van der Waals surface area contributed by atoms with E-state index in [0.29, 0.717) is 17.4 Å². The molecule has 0 radical (unpaired) electrons. The first-order valence-corrected chi connectivity index (χ1v) is 7.53. The molecule has 0 saturated heterocycles. The molecule has 0 bridgehead atoms. The lowest BCUT2D eigenvalue weighted by Gasteiger charge is -2.15. The molecule has 0 aromatic heterocycles. The number of anilines is 1. The summed E-state index contributed by atoms with van der Waals surface area (Å²) in [7, 11) is 0. The Hall–Kier alpha value is -1.99. The number of nitriles is 1. The third-order valence-electron chi connectivity index (χ3n) is 3.21. The molecule has 2 rings (SSSR count). The van der Waals surface area contributed by atoms with E-state index in [1.807, 2.05) is 24.3 Å². The minimum atomic E-state index is 0.278. The van der Waals surface area contributed by atoms with Gasteiger partial charge in [-0.05, 0) is 53.4 Å². The normalized spacial score (nSPS) is 10.4. The molecule has 2 N–H and O–H groups in total. The Morgan fingerprint density at radius 2 is 2.00 bits per heavy atom. The molecular formula is C17H17BrN2O. The molecule has 0 fully saturated rings. The largest absolute Gasteiger partial charge is 0.457 e. The molecule has 108 valence electrons. The molecule has 2 aromatic carbocycles. The van der Waals surface area contributed by atoms with Gasteiger partial charge in [-0.15, -0.1) is 0 Å². The Morgan fingerprint density at radius 1 is 1.24 bits per heavy atom. The van der Waals surface area contributed by atoms with Crippen molar-refractivity contribution in [2.75, 3.05) is 5.73 Å². The van der Waals surface area contributed by atoms with Crippen molar-refractivity contribution in [3.05, 3.63) is 52.0 Å². The predicted molar refractivity (Wildman–Crippen MR) is 88.5 cm³/mol. The summed E-state index contributed by atoms with van der Waals surface area (Å²) < 4.78 is 7.01. The predicted octanol–water partition coefficient (Wildman–Crippen LogP) is 5.01. The van der Waals surface area contributed by atoms with Gasteiger partial charge in [0.2, 0.25) is 0 Å². The second-order valence-electron chi connectivity index (χ2n) is 5.13. The number of ether oxygens (including phenoxy) is 1. The van der Waals surface area contributed by atoms with Crippen molar-refractivity contribution < 1.29 is 4.74 Å². The van der Waals surface area contributed by atoms with Crippen LogP contribution in [0, 0.1) is 11.3 Å². The summed E-state index contributed by atoms with van der Waals surface area (Å²) in [4.78, 5) is 0. The molecule has 0 aliphatic rings. The maximum Gasteiger partial charge on any atom is 0.130 e. The number of hydrogen-bond acceptors (Lipinski definition) is 3. The van der Waals surface area contributed by atoms with E-state index in [4.69, 9.17) is 15.7 Å². The van der Waals surface area contributed by atoms with Gasteiger partial charge in [0.25, 0.3) is 0 Å². The number of nitrogens with two attached hydrogens (primary N) is 1. The summed E-state index contributed by atoms with van der Waals surface area (Å²) in [5.41, 5.74) is 8.39. The van der Waals surface area contributed by atoms with Gasteiger partial charge >= 0.3 is 0 Å². The smallest absolute Gasteiger partial charge is 0.130 e. The lowest BCUT2D eigenvalue weighted by atomic mass is 10.0. The van der Waals surface area contributed by atoms with Crippen molar-refractivity contribution in [3.63, 3.8) is 0 Å². The third kappa shape index (κ3) is 3.77.